The van der Waals surface area contributed by atoms with Crippen LogP contribution in [-0.4, -0.2) is 7.11 Å². The molecule has 0 fully saturated rings. The maximum atomic E-state index is 6.28. The molecule has 0 saturated carbocycles. The maximum Gasteiger partial charge on any atom is 0.128 e. The van der Waals surface area contributed by atoms with Crippen molar-refractivity contribution < 1.29 is 9.47 Å². The van der Waals surface area contributed by atoms with Crippen molar-refractivity contribution >= 4 is 23.2 Å². The molecule has 1 aliphatic heterocycles. The average Bonchev–Trinajstić information content (AvgIpc) is 2.49. The summed E-state index contributed by atoms with van der Waals surface area (Å²) in [6, 6.07) is 11.1. The zero-order chi connectivity index (χ0) is 15.0. The molecule has 3 rings (SSSR count). The number of rotatable bonds is 2. The molecule has 0 aromatic heterocycles. The molecule has 0 amide bonds. The van der Waals surface area contributed by atoms with Gasteiger partial charge in [0.25, 0.3) is 0 Å². The second-order valence-corrected chi connectivity index (χ2v) is 5.78. The Balaban J connectivity index is 1.99. The van der Waals surface area contributed by atoms with E-state index in [2.05, 4.69) is 0 Å². The van der Waals surface area contributed by atoms with Gasteiger partial charge in [-0.2, -0.15) is 0 Å². The average molecular weight is 324 g/mol. The minimum Gasteiger partial charge on any atom is -0.497 e. The summed E-state index contributed by atoms with van der Waals surface area (Å²) < 4.78 is 11.3. The van der Waals surface area contributed by atoms with Gasteiger partial charge in [0.1, 0.15) is 17.6 Å². The first-order chi connectivity index (χ1) is 10.1. The van der Waals surface area contributed by atoms with Crippen molar-refractivity contribution in [3.05, 3.63) is 57.6 Å². The summed E-state index contributed by atoms with van der Waals surface area (Å²) in [6.07, 6.45) is 0.435. The highest BCUT2D eigenvalue weighted by Crippen LogP contribution is 2.43. The number of nitrogens with two attached hydrogens (primary N) is 1. The first-order valence-electron chi connectivity index (χ1n) is 6.64. The lowest BCUT2D eigenvalue weighted by Crippen LogP contribution is -2.24. The molecule has 21 heavy (non-hydrogen) atoms. The number of fused-ring (bicyclic) bond motifs is 1. The third-order valence-electron chi connectivity index (χ3n) is 3.69. The largest absolute Gasteiger partial charge is 0.497 e. The fourth-order valence-electron chi connectivity index (χ4n) is 2.57. The lowest BCUT2D eigenvalue weighted by Gasteiger charge is -2.31. The fraction of sp³-hybridized carbons (Fsp3) is 0.250. The Bertz CT molecular complexity index is 675. The van der Waals surface area contributed by atoms with E-state index in [1.54, 1.807) is 13.2 Å². The lowest BCUT2D eigenvalue weighted by atomic mass is 9.93. The van der Waals surface area contributed by atoms with E-state index < -0.39 is 0 Å². The van der Waals surface area contributed by atoms with Crippen molar-refractivity contribution in [1.82, 2.24) is 0 Å². The molecule has 0 saturated heterocycles. The van der Waals surface area contributed by atoms with Gasteiger partial charge >= 0.3 is 0 Å². The molecule has 5 heteroatoms. The molecule has 1 heterocycles. The third kappa shape index (κ3) is 2.69. The number of hydrogen-bond acceptors (Lipinski definition) is 3. The Hall–Kier alpha value is -1.42. The highest BCUT2D eigenvalue weighted by atomic mass is 35.5. The Kier molecular flexibility index (Phi) is 3.98. The molecule has 2 atom stereocenters. The second kappa shape index (κ2) is 5.76. The van der Waals surface area contributed by atoms with E-state index >= 15 is 0 Å². The Morgan fingerprint density at radius 2 is 2.00 bits per heavy atom. The molecule has 0 radical (unpaired) electrons. The summed E-state index contributed by atoms with van der Waals surface area (Å²) in [5.41, 5.74) is 8.09. The summed E-state index contributed by atoms with van der Waals surface area (Å²) in [7, 11) is 1.62. The molecular formula is C16H15Cl2NO2. The van der Waals surface area contributed by atoms with E-state index in [4.69, 9.17) is 38.4 Å². The monoisotopic (exact) mass is 323 g/mol. The van der Waals surface area contributed by atoms with Crippen molar-refractivity contribution in [2.45, 2.75) is 18.6 Å². The van der Waals surface area contributed by atoms with Crippen molar-refractivity contribution in [1.29, 1.82) is 0 Å². The van der Waals surface area contributed by atoms with Crippen LogP contribution in [0.2, 0.25) is 10.0 Å². The number of halogens is 2. The maximum absolute atomic E-state index is 6.28. The SMILES string of the molecule is COc1ccc2c(c1)OC(c1cccc(Cl)c1Cl)C[C@@H]2N. The molecule has 2 N–H and O–H groups in total. The minimum absolute atomic E-state index is 0.111. The predicted molar refractivity (Wildman–Crippen MR) is 84.4 cm³/mol. The van der Waals surface area contributed by atoms with E-state index in [-0.39, 0.29) is 12.1 Å². The van der Waals surface area contributed by atoms with Crippen LogP contribution in [0.1, 0.15) is 29.7 Å². The molecule has 0 spiro atoms. The van der Waals surface area contributed by atoms with Gasteiger partial charge < -0.3 is 15.2 Å². The topological polar surface area (TPSA) is 44.5 Å². The standard InChI is InChI=1S/C16H15Cl2NO2/c1-20-9-5-6-10-13(19)8-15(21-14(10)7-9)11-3-2-4-12(17)16(11)18/h2-7,13,15H,8,19H2,1H3/t13-,15?/m0/s1. The lowest BCUT2D eigenvalue weighted by molar-refractivity contribution is 0.161. The highest BCUT2D eigenvalue weighted by Gasteiger charge is 2.29. The number of benzene rings is 2. The summed E-state index contributed by atoms with van der Waals surface area (Å²) in [6.45, 7) is 0. The molecular weight excluding hydrogens is 309 g/mol. The molecule has 3 nitrogen and oxygen atoms in total. The van der Waals surface area contributed by atoms with E-state index in [0.717, 1.165) is 22.6 Å². The van der Waals surface area contributed by atoms with Crippen LogP contribution in [0, 0.1) is 0 Å². The van der Waals surface area contributed by atoms with Crippen LogP contribution < -0.4 is 15.2 Å². The van der Waals surface area contributed by atoms with Crippen LogP contribution in [0.15, 0.2) is 36.4 Å². The molecule has 2 aromatic rings. The van der Waals surface area contributed by atoms with Gasteiger partial charge in [0.15, 0.2) is 0 Å². The third-order valence-corrected chi connectivity index (χ3v) is 4.52. The van der Waals surface area contributed by atoms with Crippen molar-refractivity contribution in [2.24, 2.45) is 5.73 Å². The summed E-state index contributed by atoms with van der Waals surface area (Å²) >= 11 is 12.4. The van der Waals surface area contributed by atoms with Gasteiger partial charge in [-0.15, -0.1) is 0 Å². The Morgan fingerprint density at radius 1 is 1.19 bits per heavy atom. The van der Waals surface area contributed by atoms with E-state index in [1.165, 1.54) is 0 Å². The Morgan fingerprint density at radius 3 is 2.76 bits per heavy atom. The van der Waals surface area contributed by atoms with Crippen LogP contribution in [0.3, 0.4) is 0 Å². The zero-order valence-electron chi connectivity index (χ0n) is 11.5. The normalized spacial score (nSPS) is 20.6. The van der Waals surface area contributed by atoms with Crippen LogP contribution >= 0.6 is 23.2 Å². The van der Waals surface area contributed by atoms with Gasteiger partial charge in [-0.3, -0.25) is 0 Å². The molecule has 1 aliphatic rings. The van der Waals surface area contributed by atoms with E-state index in [9.17, 15) is 0 Å². The minimum atomic E-state index is -0.217. The van der Waals surface area contributed by atoms with Gasteiger partial charge in [0, 0.05) is 29.7 Å². The second-order valence-electron chi connectivity index (χ2n) is 5.00. The van der Waals surface area contributed by atoms with Gasteiger partial charge in [0.2, 0.25) is 0 Å². The first-order valence-corrected chi connectivity index (χ1v) is 7.40. The van der Waals surface area contributed by atoms with Crippen LogP contribution in [0.5, 0.6) is 11.5 Å². The molecule has 2 aromatic carbocycles. The molecule has 0 bridgehead atoms. The van der Waals surface area contributed by atoms with Crippen LogP contribution in [0.25, 0.3) is 0 Å². The van der Waals surface area contributed by atoms with E-state index in [0.29, 0.717) is 16.5 Å². The van der Waals surface area contributed by atoms with E-state index in [1.807, 2.05) is 30.3 Å². The summed E-state index contributed by atoms with van der Waals surface area (Å²) in [4.78, 5) is 0. The van der Waals surface area contributed by atoms with Gasteiger partial charge in [0.05, 0.1) is 17.2 Å². The smallest absolute Gasteiger partial charge is 0.128 e. The number of methoxy groups -OCH3 is 1. The van der Waals surface area contributed by atoms with Crippen molar-refractivity contribution in [3.8, 4) is 11.5 Å². The number of ether oxygens (including phenoxy) is 2. The zero-order valence-corrected chi connectivity index (χ0v) is 13.0. The number of hydrogen-bond donors (Lipinski definition) is 1. The first kappa shape index (κ1) is 14.5. The molecule has 110 valence electrons. The fourth-order valence-corrected chi connectivity index (χ4v) is 3.00. The quantitative estimate of drug-likeness (QED) is 0.883. The van der Waals surface area contributed by atoms with Crippen LogP contribution in [-0.2, 0) is 0 Å². The Labute approximate surface area is 133 Å². The molecule has 1 unspecified atom stereocenters. The predicted octanol–water partition coefficient (Wildman–Crippen LogP) is 4.53. The van der Waals surface area contributed by atoms with Gasteiger partial charge in [-0.1, -0.05) is 41.4 Å². The summed E-state index contributed by atoms with van der Waals surface area (Å²) in [5.74, 6) is 1.47. The van der Waals surface area contributed by atoms with Gasteiger partial charge in [-0.05, 0) is 12.1 Å². The molecule has 0 aliphatic carbocycles. The van der Waals surface area contributed by atoms with Crippen molar-refractivity contribution in [2.75, 3.05) is 7.11 Å². The van der Waals surface area contributed by atoms with Crippen molar-refractivity contribution in [3.63, 3.8) is 0 Å². The highest BCUT2D eigenvalue weighted by molar-refractivity contribution is 6.42. The van der Waals surface area contributed by atoms with Gasteiger partial charge in [-0.25, -0.2) is 0 Å². The van der Waals surface area contributed by atoms with Crippen LogP contribution in [0.4, 0.5) is 0 Å². The summed E-state index contributed by atoms with van der Waals surface area (Å²) in [5, 5.41) is 1.03.